The fraction of sp³-hybridized carbons (Fsp3) is 0.222. The van der Waals surface area contributed by atoms with Crippen LogP contribution in [-0.2, 0) is 7.05 Å². The molecule has 0 spiro atoms. The summed E-state index contributed by atoms with van der Waals surface area (Å²) in [6, 6.07) is 8.11. The predicted octanol–water partition coefficient (Wildman–Crippen LogP) is 3.01. The van der Waals surface area contributed by atoms with Crippen molar-refractivity contribution in [3.8, 4) is 0 Å². The van der Waals surface area contributed by atoms with Gasteiger partial charge in [0.25, 0.3) is 11.8 Å². The van der Waals surface area contributed by atoms with Crippen molar-refractivity contribution in [3.63, 3.8) is 0 Å². The van der Waals surface area contributed by atoms with Crippen molar-refractivity contribution in [3.05, 3.63) is 52.9 Å². The normalized spacial score (nSPS) is 10.7. The second-order valence-corrected chi connectivity index (χ2v) is 6.21. The van der Waals surface area contributed by atoms with Gasteiger partial charge >= 0.3 is 0 Å². The summed E-state index contributed by atoms with van der Waals surface area (Å²) in [5, 5.41) is 5.77. The lowest BCUT2D eigenvalue weighted by Gasteiger charge is -2.09. The summed E-state index contributed by atoms with van der Waals surface area (Å²) in [6.07, 6.45) is 2.48. The number of nitrogens with one attached hydrogen (secondary N) is 2. The monoisotopic (exact) mass is 371 g/mol. The first-order valence-electron chi connectivity index (χ1n) is 8.16. The molecule has 0 unspecified atom stereocenters. The number of hydrogen-bond acceptors (Lipinski definition) is 4. The molecule has 2 N–H and O–H groups in total. The van der Waals surface area contributed by atoms with Crippen LogP contribution >= 0.6 is 11.6 Å². The summed E-state index contributed by atoms with van der Waals surface area (Å²) in [5.74, 6) is -0.606. The number of aryl methyl sites for hydroxylation is 1. The van der Waals surface area contributed by atoms with E-state index in [2.05, 4.69) is 20.6 Å². The number of halogens is 1. The van der Waals surface area contributed by atoms with Crippen LogP contribution in [-0.4, -0.2) is 32.9 Å². The molecule has 3 rings (SSSR count). The Morgan fingerprint density at radius 1 is 1.19 bits per heavy atom. The molecule has 0 atom stereocenters. The summed E-state index contributed by atoms with van der Waals surface area (Å²) in [7, 11) is 1.81. The molecule has 1 aromatic carbocycles. The maximum absolute atomic E-state index is 12.4. The molecule has 2 aromatic heterocycles. The number of amides is 2. The molecule has 3 aromatic rings. The zero-order valence-corrected chi connectivity index (χ0v) is 15.2. The zero-order valence-electron chi connectivity index (χ0n) is 14.4. The van der Waals surface area contributed by atoms with Gasteiger partial charge in [-0.1, -0.05) is 18.5 Å². The van der Waals surface area contributed by atoms with Crippen LogP contribution in [0.5, 0.6) is 0 Å². The van der Waals surface area contributed by atoms with Gasteiger partial charge in [0.2, 0.25) is 0 Å². The molecular formula is C18H18ClN5O2. The highest BCUT2D eigenvalue weighted by molar-refractivity contribution is 6.34. The van der Waals surface area contributed by atoms with E-state index >= 15 is 0 Å². The second kappa shape index (κ2) is 7.53. The van der Waals surface area contributed by atoms with Crippen molar-refractivity contribution in [2.24, 2.45) is 7.05 Å². The number of benzene rings is 1. The minimum absolute atomic E-state index is 0.238. The van der Waals surface area contributed by atoms with E-state index in [1.807, 2.05) is 14.0 Å². The minimum atomic E-state index is -0.368. The standard InChI is InChI=1S/C18H18ClN5O2/c1-3-8-20-17(25)12-5-4-11(9-13(12)19)22-18(26)15-7-6-14-16(23-15)24(2)10-21-14/h4-7,9-10H,3,8H2,1-2H3,(H,20,25)(H,22,26). The SMILES string of the molecule is CCCNC(=O)c1ccc(NC(=O)c2ccc3ncn(C)c3n2)cc1Cl. The van der Waals surface area contributed by atoms with E-state index in [9.17, 15) is 9.59 Å². The van der Waals surface area contributed by atoms with Crippen LogP contribution in [0, 0.1) is 0 Å². The zero-order chi connectivity index (χ0) is 18.7. The summed E-state index contributed by atoms with van der Waals surface area (Å²) in [4.78, 5) is 32.9. The molecule has 0 radical (unpaired) electrons. The van der Waals surface area contributed by atoms with Gasteiger partial charge in [0, 0.05) is 19.3 Å². The first-order valence-corrected chi connectivity index (χ1v) is 8.54. The second-order valence-electron chi connectivity index (χ2n) is 5.80. The lowest BCUT2D eigenvalue weighted by atomic mass is 10.2. The van der Waals surface area contributed by atoms with E-state index in [4.69, 9.17) is 11.6 Å². The Kier molecular flexibility index (Phi) is 5.18. The van der Waals surface area contributed by atoms with Crippen molar-refractivity contribution in [2.45, 2.75) is 13.3 Å². The van der Waals surface area contributed by atoms with Gasteiger partial charge < -0.3 is 15.2 Å². The molecule has 0 aliphatic heterocycles. The van der Waals surface area contributed by atoms with Crippen molar-refractivity contribution in [1.82, 2.24) is 19.9 Å². The molecule has 7 nitrogen and oxygen atoms in total. The van der Waals surface area contributed by atoms with Crippen LogP contribution in [0.15, 0.2) is 36.7 Å². The van der Waals surface area contributed by atoms with Gasteiger partial charge in [-0.25, -0.2) is 9.97 Å². The Morgan fingerprint density at radius 3 is 2.73 bits per heavy atom. The molecular weight excluding hydrogens is 354 g/mol. The lowest BCUT2D eigenvalue weighted by Crippen LogP contribution is -2.24. The summed E-state index contributed by atoms with van der Waals surface area (Å²) < 4.78 is 1.74. The average Bonchev–Trinajstić information content (AvgIpc) is 3.00. The van der Waals surface area contributed by atoms with Gasteiger partial charge in [-0.15, -0.1) is 0 Å². The fourth-order valence-electron chi connectivity index (χ4n) is 2.44. The molecule has 0 aliphatic rings. The van der Waals surface area contributed by atoms with Gasteiger partial charge in [-0.2, -0.15) is 0 Å². The van der Waals surface area contributed by atoms with E-state index < -0.39 is 0 Å². The van der Waals surface area contributed by atoms with E-state index in [0.717, 1.165) is 11.9 Å². The molecule has 0 saturated heterocycles. The predicted molar refractivity (Wildman–Crippen MR) is 101 cm³/mol. The maximum atomic E-state index is 12.4. The first-order chi connectivity index (χ1) is 12.5. The van der Waals surface area contributed by atoms with Gasteiger partial charge in [-0.05, 0) is 36.8 Å². The Bertz CT molecular complexity index is 983. The third kappa shape index (κ3) is 3.67. The number of nitrogens with zero attached hydrogens (tertiary/aromatic N) is 3. The van der Waals surface area contributed by atoms with Crippen LogP contribution < -0.4 is 10.6 Å². The highest BCUT2D eigenvalue weighted by atomic mass is 35.5. The number of carbonyl (C=O) groups is 2. The molecule has 2 amide bonds. The number of aromatic nitrogens is 3. The van der Waals surface area contributed by atoms with Gasteiger partial charge in [0.1, 0.15) is 11.2 Å². The maximum Gasteiger partial charge on any atom is 0.274 e. The molecule has 0 bridgehead atoms. The van der Waals surface area contributed by atoms with Crippen molar-refractivity contribution in [2.75, 3.05) is 11.9 Å². The molecule has 0 saturated carbocycles. The van der Waals surface area contributed by atoms with Crippen LogP contribution in [0.25, 0.3) is 11.2 Å². The summed E-state index contributed by atoms with van der Waals surface area (Å²) in [5.41, 5.74) is 2.46. The first kappa shape index (κ1) is 17.9. The number of fused-ring (bicyclic) bond motifs is 1. The topological polar surface area (TPSA) is 88.9 Å². The van der Waals surface area contributed by atoms with Crippen molar-refractivity contribution >= 4 is 40.3 Å². The average molecular weight is 372 g/mol. The van der Waals surface area contributed by atoms with Crippen LogP contribution in [0.3, 0.4) is 0 Å². The number of rotatable bonds is 5. The molecule has 2 heterocycles. The number of carbonyl (C=O) groups excluding carboxylic acids is 2. The Hall–Kier alpha value is -2.93. The summed E-state index contributed by atoms with van der Waals surface area (Å²) in [6.45, 7) is 2.55. The number of imidazole rings is 1. The third-order valence-corrected chi connectivity index (χ3v) is 4.11. The van der Waals surface area contributed by atoms with Crippen molar-refractivity contribution < 1.29 is 9.59 Å². The Balaban J connectivity index is 1.77. The van der Waals surface area contributed by atoms with Gasteiger partial charge in [0.05, 0.1) is 16.9 Å². The molecule has 0 aliphatic carbocycles. The fourth-order valence-corrected chi connectivity index (χ4v) is 2.70. The largest absolute Gasteiger partial charge is 0.352 e. The van der Waals surface area contributed by atoms with Gasteiger partial charge in [-0.3, -0.25) is 9.59 Å². The van der Waals surface area contributed by atoms with E-state index in [0.29, 0.717) is 23.4 Å². The van der Waals surface area contributed by atoms with Gasteiger partial charge in [0.15, 0.2) is 5.65 Å². The Morgan fingerprint density at radius 2 is 2.00 bits per heavy atom. The third-order valence-electron chi connectivity index (χ3n) is 3.80. The van der Waals surface area contributed by atoms with E-state index in [1.54, 1.807) is 41.2 Å². The molecule has 0 fully saturated rings. The molecule has 134 valence electrons. The number of hydrogen-bond donors (Lipinski definition) is 2. The highest BCUT2D eigenvalue weighted by Gasteiger charge is 2.14. The van der Waals surface area contributed by atoms with Crippen molar-refractivity contribution in [1.29, 1.82) is 0 Å². The van der Waals surface area contributed by atoms with E-state index in [1.165, 1.54) is 0 Å². The molecule has 8 heteroatoms. The quantitative estimate of drug-likeness (QED) is 0.721. The minimum Gasteiger partial charge on any atom is -0.352 e. The smallest absolute Gasteiger partial charge is 0.274 e. The van der Waals surface area contributed by atoms with Crippen LogP contribution in [0.1, 0.15) is 34.2 Å². The highest BCUT2D eigenvalue weighted by Crippen LogP contribution is 2.21. The number of anilines is 1. The van der Waals surface area contributed by atoms with Crippen LogP contribution in [0.4, 0.5) is 5.69 Å². The van der Waals surface area contributed by atoms with Crippen LogP contribution in [0.2, 0.25) is 5.02 Å². The summed E-state index contributed by atoms with van der Waals surface area (Å²) >= 11 is 6.18. The molecule has 26 heavy (non-hydrogen) atoms. The number of pyridine rings is 1. The lowest BCUT2D eigenvalue weighted by molar-refractivity contribution is 0.0953. The van der Waals surface area contributed by atoms with E-state index in [-0.39, 0.29) is 22.5 Å². The Labute approximate surface area is 155 Å².